The molecule has 3 aromatic rings. The van der Waals surface area contributed by atoms with E-state index in [2.05, 4.69) is 10.1 Å². The molecular formula is C19H15F3N4. The fourth-order valence-electron chi connectivity index (χ4n) is 3.03. The Hall–Kier alpha value is -3.09. The minimum atomic E-state index is -4.45. The lowest BCUT2D eigenvalue weighted by Crippen LogP contribution is -2.20. The summed E-state index contributed by atoms with van der Waals surface area (Å²) < 4.78 is 41.8. The van der Waals surface area contributed by atoms with Gasteiger partial charge in [0, 0.05) is 18.3 Å². The molecule has 4 rings (SSSR count). The van der Waals surface area contributed by atoms with Crippen LogP contribution < -0.4 is 4.90 Å². The highest BCUT2D eigenvalue weighted by atomic mass is 19.4. The largest absolute Gasteiger partial charge is 0.417 e. The first-order valence-corrected chi connectivity index (χ1v) is 8.07. The van der Waals surface area contributed by atoms with Gasteiger partial charge in [0.25, 0.3) is 0 Å². The number of rotatable bonds is 2. The molecule has 0 amide bonds. The van der Waals surface area contributed by atoms with Gasteiger partial charge < -0.3 is 4.90 Å². The van der Waals surface area contributed by atoms with E-state index >= 15 is 0 Å². The van der Waals surface area contributed by atoms with Gasteiger partial charge in [0.15, 0.2) is 11.5 Å². The normalized spacial score (nSPS) is 14.4. The fourth-order valence-corrected chi connectivity index (χ4v) is 3.03. The molecular weight excluding hydrogens is 341 g/mol. The molecule has 0 saturated heterocycles. The predicted octanol–water partition coefficient (Wildman–Crippen LogP) is 4.61. The Morgan fingerprint density at radius 2 is 1.92 bits per heavy atom. The SMILES string of the molecule is Cc1cc2ncc(N3C=CC=CC3)n2nc1-c1ccccc1C(F)(F)F. The molecule has 7 heteroatoms. The molecule has 3 heterocycles. The Kier molecular flexibility index (Phi) is 3.79. The molecule has 0 N–H and O–H groups in total. The van der Waals surface area contributed by atoms with E-state index in [0.29, 0.717) is 29.3 Å². The zero-order valence-electron chi connectivity index (χ0n) is 13.9. The van der Waals surface area contributed by atoms with Crippen LogP contribution in [0.4, 0.5) is 19.0 Å². The Balaban J connectivity index is 1.91. The zero-order valence-corrected chi connectivity index (χ0v) is 13.9. The second-order valence-electron chi connectivity index (χ2n) is 6.03. The average Bonchev–Trinajstić information content (AvgIpc) is 3.03. The van der Waals surface area contributed by atoms with Crippen LogP contribution in [0.25, 0.3) is 16.9 Å². The molecule has 26 heavy (non-hydrogen) atoms. The second kappa shape index (κ2) is 6.01. The maximum atomic E-state index is 13.4. The molecule has 132 valence electrons. The minimum Gasteiger partial charge on any atom is -0.328 e. The molecule has 2 aromatic heterocycles. The summed E-state index contributed by atoms with van der Waals surface area (Å²) in [5.74, 6) is 0.700. The van der Waals surface area contributed by atoms with Gasteiger partial charge in [0.1, 0.15) is 0 Å². The smallest absolute Gasteiger partial charge is 0.328 e. The van der Waals surface area contributed by atoms with Crippen LogP contribution in [0.1, 0.15) is 11.1 Å². The molecule has 0 fully saturated rings. The summed E-state index contributed by atoms with van der Waals surface area (Å²) in [5.41, 5.74) is 0.890. The number of aromatic nitrogens is 3. The summed E-state index contributed by atoms with van der Waals surface area (Å²) in [6.45, 7) is 2.39. The molecule has 4 nitrogen and oxygen atoms in total. The standard InChI is InChI=1S/C19H15F3N4/c1-13-11-16-23-12-17(25-9-5-2-6-10-25)26(16)24-18(13)14-7-3-4-8-15(14)19(20,21)22/h2-9,11-12H,10H2,1H3. The Bertz CT molecular complexity index is 1030. The minimum absolute atomic E-state index is 0.0631. The molecule has 0 aliphatic carbocycles. The maximum Gasteiger partial charge on any atom is 0.417 e. The van der Waals surface area contributed by atoms with Crippen molar-refractivity contribution in [2.75, 3.05) is 11.4 Å². The van der Waals surface area contributed by atoms with Crippen LogP contribution in [0, 0.1) is 6.92 Å². The number of hydrogen-bond donors (Lipinski definition) is 0. The van der Waals surface area contributed by atoms with Gasteiger partial charge in [-0.05, 0) is 30.7 Å². The van der Waals surface area contributed by atoms with Crippen molar-refractivity contribution < 1.29 is 13.2 Å². The number of allylic oxidation sites excluding steroid dienone is 2. The van der Waals surface area contributed by atoms with Crippen LogP contribution in [-0.4, -0.2) is 21.1 Å². The van der Waals surface area contributed by atoms with E-state index in [9.17, 15) is 13.2 Å². The van der Waals surface area contributed by atoms with Crippen LogP contribution in [0.15, 0.2) is 61.0 Å². The van der Waals surface area contributed by atoms with Crippen LogP contribution in [0.2, 0.25) is 0 Å². The van der Waals surface area contributed by atoms with Crippen molar-refractivity contribution >= 4 is 11.5 Å². The van der Waals surface area contributed by atoms with Crippen molar-refractivity contribution in [1.29, 1.82) is 0 Å². The first-order valence-electron chi connectivity index (χ1n) is 8.07. The van der Waals surface area contributed by atoms with Crippen LogP contribution in [-0.2, 0) is 6.18 Å². The first-order chi connectivity index (χ1) is 12.4. The highest BCUT2D eigenvalue weighted by Crippen LogP contribution is 2.37. The summed E-state index contributed by atoms with van der Waals surface area (Å²) in [4.78, 5) is 6.27. The van der Waals surface area contributed by atoms with E-state index in [1.807, 2.05) is 29.3 Å². The van der Waals surface area contributed by atoms with E-state index in [1.165, 1.54) is 12.1 Å². The van der Waals surface area contributed by atoms with E-state index in [1.54, 1.807) is 29.8 Å². The average molecular weight is 356 g/mol. The molecule has 0 saturated carbocycles. The number of nitrogens with zero attached hydrogens (tertiary/aromatic N) is 4. The lowest BCUT2D eigenvalue weighted by Gasteiger charge is -2.20. The van der Waals surface area contributed by atoms with Gasteiger partial charge in [-0.2, -0.15) is 22.8 Å². The number of imidazole rings is 1. The van der Waals surface area contributed by atoms with E-state index in [4.69, 9.17) is 0 Å². The number of alkyl halides is 3. The molecule has 1 aliphatic heterocycles. The Labute approximate surface area is 147 Å². The second-order valence-corrected chi connectivity index (χ2v) is 6.03. The van der Waals surface area contributed by atoms with Crippen LogP contribution in [0.5, 0.6) is 0 Å². The van der Waals surface area contributed by atoms with Crippen LogP contribution in [0.3, 0.4) is 0 Å². The first kappa shape index (κ1) is 16.4. The maximum absolute atomic E-state index is 13.4. The number of hydrogen-bond acceptors (Lipinski definition) is 3. The highest BCUT2D eigenvalue weighted by molar-refractivity contribution is 5.69. The van der Waals surface area contributed by atoms with Gasteiger partial charge >= 0.3 is 6.18 Å². The topological polar surface area (TPSA) is 33.4 Å². The van der Waals surface area contributed by atoms with Crippen molar-refractivity contribution in [3.63, 3.8) is 0 Å². The number of benzene rings is 1. The third kappa shape index (κ3) is 2.75. The van der Waals surface area contributed by atoms with E-state index in [0.717, 1.165) is 6.07 Å². The summed E-state index contributed by atoms with van der Waals surface area (Å²) in [6, 6.07) is 7.25. The van der Waals surface area contributed by atoms with Gasteiger partial charge in [0.05, 0.1) is 17.5 Å². The Morgan fingerprint density at radius 1 is 1.12 bits per heavy atom. The zero-order chi connectivity index (χ0) is 18.3. The van der Waals surface area contributed by atoms with Gasteiger partial charge in [-0.25, -0.2) is 4.98 Å². The third-order valence-corrected chi connectivity index (χ3v) is 4.26. The van der Waals surface area contributed by atoms with Crippen LogP contribution >= 0.6 is 0 Å². The summed E-state index contributed by atoms with van der Waals surface area (Å²) in [5, 5.41) is 4.51. The van der Waals surface area contributed by atoms with E-state index in [-0.39, 0.29) is 5.56 Å². The number of anilines is 1. The summed E-state index contributed by atoms with van der Waals surface area (Å²) in [6.07, 6.45) is 4.91. The van der Waals surface area contributed by atoms with Crippen molar-refractivity contribution in [2.45, 2.75) is 13.1 Å². The van der Waals surface area contributed by atoms with Gasteiger partial charge in [-0.15, -0.1) is 0 Å². The van der Waals surface area contributed by atoms with Crippen molar-refractivity contribution in [1.82, 2.24) is 14.6 Å². The summed E-state index contributed by atoms with van der Waals surface area (Å²) in [7, 11) is 0. The molecule has 0 unspecified atom stereocenters. The third-order valence-electron chi connectivity index (χ3n) is 4.26. The predicted molar refractivity (Wildman–Crippen MR) is 93.8 cm³/mol. The number of fused-ring (bicyclic) bond motifs is 1. The molecule has 0 spiro atoms. The molecule has 0 atom stereocenters. The molecule has 0 radical (unpaired) electrons. The van der Waals surface area contributed by atoms with Crippen molar-refractivity contribution in [3.8, 4) is 11.3 Å². The lowest BCUT2D eigenvalue weighted by atomic mass is 10.0. The van der Waals surface area contributed by atoms with Gasteiger partial charge in [-0.3, -0.25) is 0 Å². The summed E-state index contributed by atoms with van der Waals surface area (Å²) >= 11 is 0. The van der Waals surface area contributed by atoms with Crippen molar-refractivity contribution in [2.24, 2.45) is 0 Å². The van der Waals surface area contributed by atoms with Crippen molar-refractivity contribution in [3.05, 3.63) is 72.1 Å². The number of aryl methyl sites for hydroxylation is 1. The molecule has 1 aromatic carbocycles. The van der Waals surface area contributed by atoms with E-state index < -0.39 is 11.7 Å². The lowest BCUT2D eigenvalue weighted by molar-refractivity contribution is -0.137. The molecule has 0 bridgehead atoms. The number of halogens is 3. The fraction of sp³-hybridized carbons (Fsp3) is 0.158. The van der Waals surface area contributed by atoms with Gasteiger partial charge in [0.2, 0.25) is 0 Å². The quantitative estimate of drug-likeness (QED) is 0.672. The van der Waals surface area contributed by atoms with Gasteiger partial charge in [-0.1, -0.05) is 30.4 Å². The Morgan fingerprint density at radius 3 is 2.65 bits per heavy atom. The monoisotopic (exact) mass is 356 g/mol. The highest BCUT2D eigenvalue weighted by Gasteiger charge is 2.34. The molecule has 1 aliphatic rings.